The predicted molar refractivity (Wildman–Crippen MR) is 29.8 cm³/mol. The van der Waals surface area contributed by atoms with Crippen LogP contribution >= 0.6 is 0 Å². The largest absolute Gasteiger partial charge is 4.00 e. The van der Waals surface area contributed by atoms with Crippen LogP contribution < -0.4 is 116 Å². The Morgan fingerprint density at radius 3 is 0.333 bits per heavy atom. The van der Waals surface area contributed by atoms with E-state index in [0.717, 1.165) is 0 Å². The Morgan fingerprint density at radius 1 is 0.333 bits per heavy atom. The zero-order valence-corrected chi connectivity index (χ0v) is 19.0. The van der Waals surface area contributed by atoms with Crippen LogP contribution in [0.2, 0.25) is 0 Å². The summed E-state index contributed by atoms with van der Waals surface area (Å²) in [6.07, 6.45) is 0. The Labute approximate surface area is 199 Å². The van der Waals surface area contributed by atoms with E-state index in [1.807, 2.05) is 0 Å². The van der Waals surface area contributed by atoms with Crippen molar-refractivity contribution in [3.8, 4) is 0 Å². The van der Waals surface area contributed by atoms with E-state index >= 15 is 0 Å². The van der Waals surface area contributed by atoms with Crippen LogP contribution in [0.25, 0.3) is 0 Å². The zero-order chi connectivity index (χ0) is 12.0. The molecule has 0 aliphatic heterocycles. The molecule has 0 heterocycles. The van der Waals surface area contributed by atoms with Crippen LogP contribution in [0.5, 0.6) is 0 Å². The summed E-state index contributed by atoms with van der Waals surface area (Å²) in [5.74, 6) is 0. The summed E-state index contributed by atoms with van der Waals surface area (Å²) in [5.41, 5.74) is 0. The molecule has 0 rings (SSSR count). The second-order valence-corrected chi connectivity index (χ2v) is 0. The summed E-state index contributed by atoms with van der Waals surface area (Å²) in [7, 11) is 0. The van der Waals surface area contributed by atoms with Crippen molar-refractivity contribution in [2.24, 2.45) is 0 Å². The van der Waals surface area contributed by atoms with Crippen LogP contribution in [0.4, 0.5) is 0 Å². The van der Waals surface area contributed by atoms with E-state index in [1.165, 1.54) is 0 Å². The minimum absolute atomic E-state index is 0. The van der Waals surface area contributed by atoms with Gasteiger partial charge in [-0.15, -0.1) is 0 Å². The average Bonchev–Trinajstić information content (AvgIpc) is 2.33. The fraction of sp³-hybridized carbons (Fsp3) is 0. The molecule has 0 saturated heterocycles. The van der Waals surface area contributed by atoms with E-state index in [4.69, 9.17) is 71.0 Å². The maximum atomic E-state index is 6.25. The molecule has 0 radical (unpaired) electrons. The van der Waals surface area contributed by atoms with Crippen LogP contribution in [-0.2, 0) is 17.1 Å². The molecular weight excluding hydrogens is 383 g/mol. The van der Waals surface area contributed by atoms with E-state index in [1.54, 1.807) is 0 Å². The van der Waals surface area contributed by atoms with Gasteiger partial charge in [0.05, 0.1) is 0 Å². The number of hydrogen-bond donors (Lipinski definition) is 0. The summed E-state index contributed by atoms with van der Waals surface area (Å²) in [6, 6.07) is 0. The summed E-state index contributed by atoms with van der Waals surface area (Å²) < 4.78 is 0. The molecule has 64 valence electrons. The summed E-state index contributed by atoms with van der Waals surface area (Å²) in [6.45, 7) is 28.5. The number of hydrogen-bond acceptors (Lipinski definition) is 6. The smallest absolute Gasteiger partial charge is 0.512 e. The van der Waals surface area contributed by atoms with Crippen molar-refractivity contribution in [1.29, 1.82) is 31.6 Å². The molecule has 0 fully saturated rings. The first-order chi connectivity index (χ1) is 6.00. The average molecular weight is 383 g/mol. The quantitative estimate of drug-likeness (QED) is 0.302. The normalized spacial score (nSPS) is 0.800. The van der Waals surface area contributed by atoms with Gasteiger partial charge in [-0.2, -0.15) is 0 Å². The van der Waals surface area contributed by atoms with Gasteiger partial charge in [0, 0.05) is 0 Å². The molecule has 0 amide bonds. The third-order valence-corrected chi connectivity index (χ3v) is 0. The minimum Gasteiger partial charge on any atom is -0.512 e. The topological polar surface area (TPSA) is 143 Å². The van der Waals surface area contributed by atoms with Gasteiger partial charge in [0.2, 0.25) is 0 Å². The molecule has 0 atom stereocenters. The van der Waals surface area contributed by atoms with E-state index in [-0.39, 0.29) is 133 Å². The Kier molecular flexibility index (Phi) is 12700. The third kappa shape index (κ3) is 2250. The second kappa shape index (κ2) is 2610. The van der Waals surface area contributed by atoms with E-state index in [0.29, 0.717) is 0 Å². The van der Waals surface area contributed by atoms with Crippen molar-refractivity contribution in [3.05, 3.63) is 39.4 Å². The number of nitrogens with zero attached hydrogens (tertiary/aromatic N) is 6. The summed E-state index contributed by atoms with van der Waals surface area (Å²) in [5, 5.41) is 37.5. The minimum atomic E-state index is 0. The Bertz CT molecular complexity index is 101. The van der Waals surface area contributed by atoms with Crippen LogP contribution in [0, 0.1) is 71.0 Å². The van der Waals surface area contributed by atoms with Crippen LogP contribution in [-0.4, -0.2) is 0 Å². The first-order valence-corrected chi connectivity index (χ1v) is 1.34. The molecule has 9 heteroatoms. The molecule has 0 aromatic carbocycles. The first kappa shape index (κ1) is 73.0. The predicted octanol–water partition coefficient (Wildman–Crippen LogP) is -5.42. The molecule has 0 aliphatic carbocycles. The van der Waals surface area contributed by atoms with E-state index in [2.05, 4.69) is 0 Å². The van der Waals surface area contributed by atoms with Crippen LogP contribution in [0.1, 0.15) is 0 Å². The molecule has 0 aromatic heterocycles. The van der Waals surface area contributed by atoms with Crippen molar-refractivity contribution in [2.75, 3.05) is 0 Å². The summed E-state index contributed by atoms with van der Waals surface area (Å²) >= 11 is 0. The monoisotopic (exact) mass is 382 g/mol. The summed E-state index contributed by atoms with van der Waals surface area (Å²) in [4.78, 5) is 0. The Hall–Kier alpha value is 1.07. The molecule has 0 unspecified atom stereocenters. The molecule has 0 bridgehead atoms. The first-order valence-electron chi connectivity index (χ1n) is 1.34. The molecule has 0 N–H and O–H groups in total. The fourth-order valence-corrected chi connectivity index (χ4v) is 0. The van der Waals surface area contributed by atoms with Crippen molar-refractivity contribution in [2.45, 2.75) is 0 Å². The van der Waals surface area contributed by atoms with Crippen molar-refractivity contribution >= 4 is 0 Å². The van der Waals surface area contributed by atoms with E-state index in [9.17, 15) is 0 Å². The Balaban J connectivity index is -0.00000000396. The van der Waals surface area contributed by atoms with Gasteiger partial charge in [-0.3, -0.25) is 0 Å². The van der Waals surface area contributed by atoms with Gasteiger partial charge >= 0.3 is 133 Å². The van der Waals surface area contributed by atoms with Gasteiger partial charge in [-0.1, -0.05) is 0 Å². The van der Waals surface area contributed by atoms with Crippen molar-refractivity contribution < 1.29 is 133 Å². The molecule has 6 nitrogen and oxygen atoms in total. The molecule has 0 aromatic rings. The van der Waals surface area contributed by atoms with Gasteiger partial charge in [0.1, 0.15) is 0 Å². The van der Waals surface area contributed by atoms with Crippen LogP contribution in [0.3, 0.4) is 0 Å². The maximum absolute atomic E-state index is 6.25. The molecule has 0 spiro atoms. The van der Waals surface area contributed by atoms with Gasteiger partial charge in [0.15, 0.2) is 0 Å². The Morgan fingerprint density at radius 2 is 0.333 bits per heavy atom. The molecule has 0 aliphatic rings. The van der Waals surface area contributed by atoms with E-state index < -0.39 is 0 Å². The standard InChI is InChI=1S/6CN.Fe.2Rb/c6*1-2;;;/q6*-1;+4;2*+1. The maximum Gasteiger partial charge on any atom is 4.00 e. The molecule has 0 saturated carbocycles. The molecule has 15 heavy (non-hydrogen) atoms. The van der Waals surface area contributed by atoms with Crippen molar-refractivity contribution in [1.82, 2.24) is 0 Å². The van der Waals surface area contributed by atoms with Crippen LogP contribution in [0.15, 0.2) is 0 Å². The van der Waals surface area contributed by atoms with Gasteiger partial charge < -0.3 is 71.0 Å². The van der Waals surface area contributed by atoms with Gasteiger partial charge in [-0.25, -0.2) is 0 Å². The zero-order valence-electron chi connectivity index (χ0n) is 8.04. The van der Waals surface area contributed by atoms with Gasteiger partial charge in [0.25, 0.3) is 0 Å². The fourth-order valence-electron chi connectivity index (χ4n) is 0. The SMILES string of the molecule is [C-]#N.[C-]#N.[C-]#N.[C-]#N.[C-]#N.[C-]#N.[Fe+4].[Rb+].[Rb+]. The second-order valence-electron chi connectivity index (χ2n) is 0. The molecular formula is C6FeN6Rb2. The third-order valence-electron chi connectivity index (χ3n) is 0. The van der Waals surface area contributed by atoms with Crippen molar-refractivity contribution in [3.63, 3.8) is 0 Å². The number of rotatable bonds is 0. The van der Waals surface area contributed by atoms with Gasteiger partial charge in [-0.05, 0) is 0 Å².